The fourth-order valence-corrected chi connectivity index (χ4v) is 5.89. The van der Waals surface area contributed by atoms with Gasteiger partial charge in [-0.1, -0.05) is 39.7 Å². The SMILES string of the molecule is COC(=O)c1cccc(Oc2cc(CNc3ccc(NC(=O)COC4CCCC(C)C4C(C)C)c(OC)c3)c(F)cc2[N+](=O)[O-])n1. The second-order valence-corrected chi connectivity index (χ2v) is 11.5. The van der Waals surface area contributed by atoms with Crippen LogP contribution in [0.15, 0.2) is 48.5 Å². The molecule has 0 radical (unpaired) electrons. The van der Waals surface area contributed by atoms with Gasteiger partial charge in [-0.25, -0.2) is 14.2 Å². The van der Waals surface area contributed by atoms with E-state index in [1.54, 1.807) is 18.2 Å². The quantitative estimate of drug-likeness (QED) is 0.117. The highest BCUT2D eigenvalue weighted by Gasteiger charge is 2.34. The number of methoxy groups -OCH3 is 2. The first-order valence-electron chi connectivity index (χ1n) is 15.0. The fourth-order valence-electron chi connectivity index (χ4n) is 5.89. The number of esters is 1. The zero-order chi connectivity index (χ0) is 33.4. The summed E-state index contributed by atoms with van der Waals surface area (Å²) in [4.78, 5) is 39.5. The van der Waals surface area contributed by atoms with E-state index in [-0.39, 0.29) is 48.0 Å². The molecule has 1 aliphatic rings. The number of carbonyl (C=O) groups is 2. The van der Waals surface area contributed by atoms with Gasteiger partial charge in [0.05, 0.1) is 37.0 Å². The minimum Gasteiger partial charge on any atom is -0.494 e. The van der Waals surface area contributed by atoms with Gasteiger partial charge in [0.2, 0.25) is 17.5 Å². The van der Waals surface area contributed by atoms with Gasteiger partial charge < -0.3 is 29.6 Å². The third-order valence-corrected chi connectivity index (χ3v) is 8.05. The summed E-state index contributed by atoms with van der Waals surface area (Å²) in [5, 5.41) is 17.5. The van der Waals surface area contributed by atoms with Crippen molar-refractivity contribution < 1.29 is 37.9 Å². The predicted molar refractivity (Wildman–Crippen MR) is 169 cm³/mol. The molecule has 1 fully saturated rings. The molecule has 1 heterocycles. The number of nitro benzene ring substituents is 1. The molecule has 3 aromatic rings. The zero-order valence-electron chi connectivity index (χ0n) is 26.5. The van der Waals surface area contributed by atoms with E-state index in [0.29, 0.717) is 34.9 Å². The van der Waals surface area contributed by atoms with E-state index in [9.17, 15) is 24.1 Å². The Bertz CT molecular complexity index is 1570. The smallest absolute Gasteiger partial charge is 0.356 e. The Kier molecular flexibility index (Phi) is 11.5. The minimum atomic E-state index is -0.828. The molecule has 1 aliphatic carbocycles. The summed E-state index contributed by atoms with van der Waals surface area (Å²) in [6, 6.07) is 11.2. The third kappa shape index (κ3) is 8.47. The van der Waals surface area contributed by atoms with Crippen LogP contribution in [0.2, 0.25) is 0 Å². The highest BCUT2D eigenvalue weighted by molar-refractivity contribution is 5.93. The maximum absolute atomic E-state index is 14.9. The van der Waals surface area contributed by atoms with Gasteiger partial charge in [-0.05, 0) is 48.4 Å². The van der Waals surface area contributed by atoms with Crippen LogP contribution in [-0.4, -0.2) is 48.7 Å². The van der Waals surface area contributed by atoms with E-state index in [0.717, 1.165) is 18.9 Å². The second kappa shape index (κ2) is 15.5. The lowest BCUT2D eigenvalue weighted by molar-refractivity contribution is -0.385. The average Bonchev–Trinajstić information content (AvgIpc) is 3.03. The highest BCUT2D eigenvalue weighted by atomic mass is 19.1. The van der Waals surface area contributed by atoms with E-state index in [1.165, 1.54) is 44.9 Å². The van der Waals surface area contributed by atoms with Gasteiger partial charge in [0.1, 0.15) is 18.2 Å². The van der Waals surface area contributed by atoms with Crippen molar-refractivity contribution in [2.45, 2.75) is 52.7 Å². The number of anilines is 2. The number of halogens is 1. The lowest BCUT2D eigenvalue weighted by atomic mass is 9.72. The van der Waals surface area contributed by atoms with Crippen LogP contribution in [0.3, 0.4) is 0 Å². The van der Waals surface area contributed by atoms with Crippen LogP contribution in [0.25, 0.3) is 0 Å². The van der Waals surface area contributed by atoms with Crippen molar-refractivity contribution >= 4 is 28.9 Å². The molecule has 2 aromatic carbocycles. The first kappa shape index (κ1) is 34.1. The van der Waals surface area contributed by atoms with Crippen LogP contribution >= 0.6 is 0 Å². The Morgan fingerprint density at radius 1 is 1.11 bits per heavy atom. The molecule has 3 unspecified atom stereocenters. The topological polar surface area (TPSA) is 151 Å². The molecule has 1 amide bonds. The van der Waals surface area contributed by atoms with Crippen molar-refractivity contribution in [2.75, 3.05) is 31.5 Å². The van der Waals surface area contributed by atoms with Crippen molar-refractivity contribution in [1.29, 1.82) is 0 Å². The lowest BCUT2D eigenvalue weighted by Crippen LogP contribution is -2.38. The molecule has 246 valence electrons. The number of ether oxygens (including phenoxy) is 4. The summed E-state index contributed by atoms with van der Waals surface area (Å²) >= 11 is 0. The van der Waals surface area contributed by atoms with E-state index in [1.807, 2.05) is 0 Å². The number of nitrogens with one attached hydrogen (secondary N) is 2. The highest BCUT2D eigenvalue weighted by Crippen LogP contribution is 2.37. The molecule has 0 bridgehead atoms. The van der Waals surface area contributed by atoms with Gasteiger partial charge >= 0.3 is 11.7 Å². The van der Waals surface area contributed by atoms with Gasteiger partial charge in [-0.3, -0.25) is 14.9 Å². The number of aromatic nitrogens is 1. The summed E-state index contributed by atoms with van der Waals surface area (Å²) < 4.78 is 36.7. The van der Waals surface area contributed by atoms with Crippen molar-refractivity contribution in [3.63, 3.8) is 0 Å². The van der Waals surface area contributed by atoms with Gasteiger partial charge in [-0.2, -0.15) is 0 Å². The fraction of sp³-hybridized carbons (Fsp3) is 0.424. The Hall–Kier alpha value is -4.78. The molecule has 1 saturated carbocycles. The van der Waals surface area contributed by atoms with E-state index in [4.69, 9.17) is 14.2 Å². The molecule has 3 atom stereocenters. The first-order valence-corrected chi connectivity index (χ1v) is 15.0. The normalized spacial score (nSPS) is 17.7. The summed E-state index contributed by atoms with van der Waals surface area (Å²) in [5.41, 5.74) is 0.365. The molecule has 12 nitrogen and oxygen atoms in total. The zero-order valence-corrected chi connectivity index (χ0v) is 26.5. The summed E-state index contributed by atoms with van der Waals surface area (Å²) in [5.74, 6) is -0.444. The number of benzene rings is 2. The number of rotatable bonds is 13. The maximum Gasteiger partial charge on any atom is 0.356 e. The van der Waals surface area contributed by atoms with E-state index >= 15 is 0 Å². The Morgan fingerprint density at radius 3 is 2.59 bits per heavy atom. The van der Waals surface area contributed by atoms with Crippen LogP contribution in [0.4, 0.5) is 21.5 Å². The molecule has 13 heteroatoms. The molecule has 2 N–H and O–H groups in total. The number of carbonyl (C=O) groups excluding carboxylic acids is 2. The third-order valence-electron chi connectivity index (χ3n) is 8.05. The van der Waals surface area contributed by atoms with Crippen LogP contribution in [0.1, 0.15) is 56.1 Å². The number of pyridine rings is 1. The second-order valence-electron chi connectivity index (χ2n) is 11.5. The molecule has 1 aromatic heterocycles. The van der Waals surface area contributed by atoms with Gasteiger partial charge in [0.25, 0.3) is 0 Å². The molecule has 0 saturated heterocycles. The van der Waals surface area contributed by atoms with Gasteiger partial charge in [-0.15, -0.1) is 0 Å². The summed E-state index contributed by atoms with van der Waals surface area (Å²) in [7, 11) is 2.65. The Labute approximate surface area is 266 Å². The number of hydrogen-bond donors (Lipinski definition) is 2. The summed E-state index contributed by atoms with van der Waals surface area (Å²) in [6.45, 7) is 6.48. The number of nitro groups is 1. The minimum absolute atomic E-state index is 0.0370. The standard InChI is InChI=1S/C33H39FN4O8/c1-19(2)32-20(3)8-6-10-27(32)45-18-30(39)36-24-13-12-22(15-28(24)43-4)35-17-21-14-29(26(38(41)42)16-23(21)34)46-31-11-7-9-25(37-31)33(40)44-5/h7,9,11-16,19-20,27,32,35H,6,8,10,17-18H2,1-5H3,(H,36,39). The Balaban J connectivity index is 1.43. The van der Waals surface area contributed by atoms with E-state index in [2.05, 4.69) is 41.1 Å². The predicted octanol–water partition coefficient (Wildman–Crippen LogP) is 6.74. The Morgan fingerprint density at radius 2 is 1.89 bits per heavy atom. The van der Waals surface area contributed by atoms with Crippen molar-refractivity contribution in [3.05, 3.63) is 75.7 Å². The summed E-state index contributed by atoms with van der Waals surface area (Å²) in [6.07, 6.45) is 3.23. The monoisotopic (exact) mass is 638 g/mol. The first-order chi connectivity index (χ1) is 22.0. The molecular formula is C33H39FN4O8. The van der Waals surface area contributed by atoms with Gasteiger partial charge in [0.15, 0.2) is 5.69 Å². The van der Waals surface area contributed by atoms with Crippen LogP contribution in [0.5, 0.6) is 17.4 Å². The van der Waals surface area contributed by atoms with Gasteiger partial charge in [0, 0.05) is 29.9 Å². The average molecular weight is 639 g/mol. The molecule has 0 spiro atoms. The van der Waals surface area contributed by atoms with Crippen molar-refractivity contribution in [2.24, 2.45) is 17.8 Å². The van der Waals surface area contributed by atoms with E-state index < -0.39 is 22.4 Å². The largest absolute Gasteiger partial charge is 0.494 e. The number of amides is 1. The molecule has 0 aliphatic heterocycles. The molecule has 4 rings (SSSR count). The van der Waals surface area contributed by atoms with Crippen LogP contribution in [-0.2, 0) is 20.8 Å². The number of nitrogens with zero attached hydrogens (tertiary/aromatic N) is 2. The lowest BCUT2D eigenvalue weighted by Gasteiger charge is -2.38. The molecule has 46 heavy (non-hydrogen) atoms. The van der Waals surface area contributed by atoms with Crippen LogP contribution in [0, 0.1) is 33.7 Å². The molecular weight excluding hydrogens is 599 g/mol. The maximum atomic E-state index is 14.9. The number of hydrogen-bond acceptors (Lipinski definition) is 10. The van der Waals surface area contributed by atoms with Crippen molar-refractivity contribution in [1.82, 2.24) is 4.98 Å². The van der Waals surface area contributed by atoms with Crippen molar-refractivity contribution in [3.8, 4) is 17.4 Å². The van der Waals surface area contributed by atoms with Crippen LogP contribution < -0.4 is 20.1 Å².